The third kappa shape index (κ3) is 4.06. The van der Waals surface area contributed by atoms with Gasteiger partial charge in [-0.1, -0.05) is 6.07 Å². The number of carbonyl (C=O) groups excluding carboxylic acids is 1. The number of hydrogen-bond acceptors (Lipinski definition) is 4. The van der Waals surface area contributed by atoms with Gasteiger partial charge in [0.15, 0.2) is 0 Å². The zero-order chi connectivity index (χ0) is 15.2. The number of amides is 1. The average molecular weight is 288 g/mol. The van der Waals surface area contributed by atoms with Crippen LogP contribution in [0.3, 0.4) is 0 Å². The maximum Gasteiger partial charge on any atom is 0.238 e. The van der Waals surface area contributed by atoms with E-state index in [9.17, 15) is 4.79 Å². The number of methoxy groups -OCH3 is 1. The summed E-state index contributed by atoms with van der Waals surface area (Å²) in [4.78, 5) is 11.9. The largest absolute Gasteiger partial charge is 0.497 e. The van der Waals surface area contributed by atoms with Crippen molar-refractivity contribution in [3.63, 3.8) is 0 Å². The van der Waals surface area contributed by atoms with Gasteiger partial charge in [0.25, 0.3) is 0 Å². The number of aryl methyl sites for hydroxylation is 1. The third-order valence-electron chi connectivity index (χ3n) is 3.29. The molecular weight excluding hydrogens is 268 g/mol. The first-order valence-corrected chi connectivity index (χ1v) is 6.72. The Labute approximate surface area is 124 Å². The number of ether oxygens (including phenoxy) is 1. The molecule has 0 radical (unpaired) electrons. The van der Waals surface area contributed by atoms with E-state index < -0.39 is 0 Å². The molecule has 6 heteroatoms. The fraction of sp³-hybridized carbons (Fsp3) is 0.333. The number of rotatable bonds is 6. The lowest BCUT2D eigenvalue weighted by Gasteiger charge is -2.08. The molecule has 0 aliphatic rings. The second-order valence-electron chi connectivity index (χ2n) is 4.76. The Bertz CT molecular complexity index is 622. The predicted octanol–water partition coefficient (Wildman–Crippen LogP) is 1.47. The smallest absolute Gasteiger partial charge is 0.238 e. The number of aromatic nitrogens is 2. The quantitative estimate of drug-likeness (QED) is 0.844. The van der Waals surface area contributed by atoms with Gasteiger partial charge in [-0.05, 0) is 19.1 Å². The molecular formula is C15H20N4O2. The average Bonchev–Trinajstić information content (AvgIpc) is 2.79. The van der Waals surface area contributed by atoms with Gasteiger partial charge >= 0.3 is 0 Å². The Morgan fingerprint density at radius 2 is 2.24 bits per heavy atom. The topological polar surface area (TPSA) is 68.2 Å². The highest BCUT2D eigenvalue weighted by Gasteiger charge is 2.06. The van der Waals surface area contributed by atoms with Crippen LogP contribution in [0.5, 0.6) is 5.75 Å². The molecule has 1 aromatic heterocycles. The molecule has 0 saturated heterocycles. The van der Waals surface area contributed by atoms with Crippen LogP contribution in [-0.2, 0) is 18.4 Å². The van der Waals surface area contributed by atoms with E-state index in [0.29, 0.717) is 12.3 Å². The molecule has 0 spiro atoms. The maximum atomic E-state index is 11.9. The van der Waals surface area contributed by atoms with Crippen LogP contribution in [0, 0.1) is 6.92 Å². The molecule has 1 heterocycles. The van der Waals surface area contributed by atoms with E-state index in [-0.39, 0.29) is 12.5 Å². The molecule has 0 saturated carbocycles. The fourth-order valence-corrected chi connectivity index (χ4v) is 1.93. The monoisotopic (exact) mass is 288 g/mol. The molecule has 1 amide bonds. The second kappa shape index (κ2) is 6.90. The zero-order valence-electron chi connectivity index (χ0n) is 12.5. The van der Waals surface area contributed by atoms with Crippen molar-refractivity contribution in [3.05, 3.63) is 41.7 Å². The fourth-order valence-electron chi connectivity index (χ4n) is 1.93. The molecule has 1 aromatic carbocycles. The summed E-state index contributed by atoms with van der Waals surface area (Å²) in [6.45, 7) is 2.86. The van der Waals surface area contributed by atoms with Crippen LogP contribution < -0.4 is 15.4 Å². The van der Waals surface area contributed by atoms with Gasteiger partial charge in [-0.15, -0.1) is 0 Å². The van der Waals surface area contributed by atoms with E-state index >= 15 is 0 Å². The maximum absolute atomic E-state index is 11.9. The van der Waals surface area contributed by atoms with Crippen LogP contribution in [-0.4, -0.2) is 29.3 Å². The first-order chi connectivity index (χ1) is 10.1. The Hall–Kier alpha value is -2.34. The van der Waals surface area contributed by atoms with Gasteiger partial charge in [0.1, 0.15) is 5.75 Å². The van der Waals surface area contributed by atoms with E-state index in [4.69, 9.17) is 4.74 Å². The van der Waals surface area contributed by atoms with Crippen LogP contribution in [0.15, 0.2) is 30.5 Å². The standard InChI is InChI=1S/C15H20N4O2/c1-11-12(9-17-19(11)2)8-16-10-15(20)18-13-5-4-6-14(7-13)21-3/h4-7,9,16H,8,10H2,1-3H3,(H,18,20). The molecule has 112 valence electrons. The summed E-state index contributed by atoms with van der Waals surface area (Å²) in [5, 5.41) is 10.1. The number of nitrogens with zero attached hydrogens (tertiary/aromatic N) is 2. The second-order valence-corrected chi connectivity index (χ2v) is 4.76. The van der Waals surface area contributed by atoms with Crippen LogP contribution in [0.4, 0.5) is 5.69 Å². The number of anilines is 1. The van der Waals surface area contributed by atoms with Crippen molar-refractivity contribution in [1.82, 2.24) is 15.1 Å². The van der Waals surface area contributed by atoms with E-state index in [0.717, 1.165) is 16.9 Å². The van der Waals surface area contributed by atoms with Crippen molar-refractivity contribution in [3.8, 4) is 5.75 Å². The molecule has 0 atom stereocenters. The van der Waals surface area contributed by atoms with Crippen molar-refractivity contribution in [2.45, 2.75) is 13.5 Å². The van der Waals surface area contributed by atoms with Crippen LogP contribution in [0.2, 0.25) is 0 Å². The first-order valence-electron chi connectivity index (χ1n) is 6.72. The summed E-state index contributed by atoms with van der Waals surface area (Å²) in [6, 6.07) is 7.27. The summed E-state index contributed by atoms with van der Waals surface area (Å²) in [5.41, 5.74) is 2.90. The van der Waals surface area contributed by atoms with Gasteiger partial charge in [0.05, 0.1) is 19.9 Å². The number of nitrogens with one attached hydrogen (secondary N) is 2. The molecule has 0 aliphatic carbocycles. The summed E-state index contributed by atoms with van der Waals surface area (Å²) < 4.78 is 6.93. The number of carbonyl (C=O) groups is 1. The Morgan fingerprint density at radius 3 is 2.90 bits per heavy atom. The summed E-state index contributed by atoms with van der Waals surface area (Å²) >= 11 is 0. The van der Waals surface area contributed by atoms with E-state index in [1.165, 1.54) is 0 Å². The van der Waals surface area contributed by atoms with Gasteiger partial charge in [0, 0.05) is 36.6 Å². The van der Waals surface area contributed by atoms with Gasteiger partial charge in [-0.3, -0.25) is 9.48 Å². The Morgan fingerprint density at radius 1 is 1.43 bits per heavy atom. The van der Waals surface area contributed by atoms with Gasteiger partial charge < -0.3 is 15.4 Å². The van der Waals surface area contributed by atoms with Crippen LogP contribution >= 0.6 is 0 Å². The predicted molar refractivity (Wildman–Crippen MR) is 81.3 cm³/mol. The first kappa shape index (κ1) is 15.1. The van der Waals surface area contributed by atoms with Gasteiger partial charge in [-0.25, -0.2) is 0 Å². The van der Waals surface area contributed by atoms with Gasteiger partial charge in [-0.2, -0.15) is 5.10 Å². The van der Waals surface area contributed by atoms with E-state index in [1.54, 1.807) is 13.2 Å². The van der Waals surface area contributed by atoms with Crippen molar-refractivity contribution in [1.29, 1.82) is 0 Å². The third-order valence-corrected chi connectivity index (χ3v) is 3.29. The lowest BCUT2D eigenvalue weighted by atomic mass is 10.2. The molecule has 0 fully saturated rings. The van der Waals surface area contributed by atoms with E-state index in [1.807, 2.05) is 43.0 Å². The number of benzene rings is 1. The summed E-state index contributed by atoms with van der Waals surface area (Å²) in [6.07, 6.45) is 1.81. The Kier molecular flexibility index (Phi) is 4.94. The normalized spacial score (nSPS) is 10.4. The lowest BCUT2D eigenvalue weighted by molar-refractivity contribution is -0.115. The molecule has 0 unspecified atom stereocenters. The molecule has 6 nitrogen and oxygen atoms in total. The molecule has 2 aromatic rings. The van der Waals surface area contributed by atoms with Crippen molar-refractivity contribution in [2.75, 3.05) is 19.0 Å². The Balaban J connectivity index is 1.81. The van der Waals surface area contributed by atoms with Gasteiger partial charge in [0.2, 0.25) is 5.91 Å². The minimum atomic E-state index is -0.0928. The molecule has 2 N–H and O–H groups in total. The highest BCUT2D eigenvalue weighted by molar-refractivity contribution is 5.92. The SMILES string of the molecule is COc1cccc(NC(=O)CNCc2cnn(C)c2C)c1. The highest BCUT2D eigenvalue weighted by Crippen LogP contribution is 2.16. The zero-order valence-corrected chi connectivity index (χ0v) is 12.5. The molecule has 0 aliphatic heterocycles. The van der Waals surface area contributed by atoms with E-state index in [2.05, 4.69) is 15.7 Å². The van der Waals surface area contributed by atoms with Crippen molar-refractivity contribution < 1.29 is 9.53 Å². The summed E-state index contributed by atoms with van der Waals surface area (Å²) in [7, 11) is 3.49. The molecule has 0 bridgehead atoms. The minimum Gasteiger partial charge on any atom is -0.497 e. The number of hydrogen-bond donors (Lipinski definition) is 2. The van der Waals surface area contributed by atoms with Crippen LogP contribution in [0.25, 0.3) is 0 Å². The van der Waals surface area contributed by atoms with Crippen LogP contribution in [0.1, 0.15) is 11.3 Å². The summed E-state index contributed by atoms with van der Waals surface area (Å²) in [5.74, 6) is 0.622. The molecule has 21 heavy (non-hydrogen) atoms. The minimum absolute atomic E-state index is 0.0928. The van der Waals surface area contributed by atoms with Crippen molar-refractivity contribution >= 4 is 11.6 Å². The van der Waals surface area contributed by atoms with Crippen molar-refractivity contribution in [2.24, 2.45) is 7.05 Å². The highest BCUT2D eigenvalue weighted by atomic mass is 16.5. The molecule has 2 rings (SSSR count). The lowest BCUT2D eigenvalue weighted by Crippen LogP contribution is -2.27.